The zero-order chi connectivity index (χ0) is 23.9. The van der Waals surface area contributed by atoms with Gasteiger partial charge in [0.25, 0.3) is 0 Å². The van der Waals surface area contributed by atoms with Crippen LogP contribution in [0.1, 0.15) is 30.7 Å². The number of aromatic nitrogens is 2. The zero-order valence-electron chi connectivity index (χ0n) is 19.1. The van der Waals surface area contributed by atoms with Gasteiger partial charge in [-0.2, -0.15) is 4.98 Å². The molecule has 1 aromatic heterocycles. The molecule has 3 aromatic rings. The summed E-state index contributed by atoms with van der Waals surface area (Å²) < 4.78 is 10.7. The van der Waals surface area contributed by atoms with E-state index in [-0.39, 0.29) is 11.8 Å². The number of ether oxygens (including phenoxy) is 1. The molecule has 0 bridgehead atoms. The second-order valence-electron chi connectivity index (χ2n) is 8.43. The number of aryl methyl sites for hydroxylation is 1. The molecule has 1 amide bonds. The molecule has 0 aliphatic carbocycles. The lowest BCUT2D eigenvalue weighted by Gasteiger charge is -2.30. The predicted octanol–water partition coefficient (Wildman–Crippen LogP) is 5.01. The summed E-state index contributed by atoms with van der Waals surface area (Å²) in [6.07, 6.45) is 3.43. The maximum absolute atomic E-state index is 12.6. The van der Waals surface area contributed by atoms with Crippen molar-refractivity contribution in [2.75, 3.05) is 26.7 Å². The second kappa shape index (κ2) is 11.7. The van der Waals surface area contributed by atoms with Gasteiger partial charge in [0.05, 0.1) is 18.7 Å². The number of rotatable bonds is 9. The molecule has 1 fully saturated rings. The lowest BCUT2D eigenvalue weighted by Crippen LogP contribution is -2.40. The fourth-order valence-corrected chi connectivity index (χ4v) is 4.61. The van der Waals surface area contributed by atoms with Gasteiger partial charge in [-0.3, -0.25) is 9.69 Å². The van der Waals surface area contributed by atoms with Crippen molar-refractivity contribution in [3.05, 3.63) is 64.0 Å². The summed E-state index contributed by atoms with van der Waals surface area (Å²) in [5.41, 5.74) is 1.90. The minimum atomic E-state index is 0.0409. The molecule has 1 aliphatic heterocycles. The van der Waals surface area contributed by atoms with E-state index in [1.807, 2.05) is 18.2 Å². The van der Waals surface area contributed by atoms with Crippen molar-refractivity contribution in [2.45, 2.75) is 32.2 Å². The minimum Gasteiger partial charge on any atom is -0.497 e. The fraction of sp³-hybridized carbons (Fsp3) is 0.400. The van der Waals surface area contributed by atoms with Crippen molar-refractivity contribution < 1.29 is 14.1 Å². The molecule has 7 nitrogen and oxygen atoms in total. The van der Waals surface area contributed by atoms with E-state index in [0.29, 0.717) is 40.4 Å². The molecule has 0 unspecified atom stereocenters. The number of carbonyl (C=O) groups excluding carboxylic acids is 1. The van der Waals surface area contributed by atoms with Crippen LogP contribution in [-0.2, 0) is 17.8 Å². The first-order valence-electron chi connectivity index (χ1n) is 11.4. The van der Waals surface area contributed by atoms with Crippen molar-refractivity contribution >= 4 is 29.1 Å². The quantitative estimate of drug-likeness (QED) is 0.414. The number of halogens is 2. The Kier molecular flexibility index (Phi) is 8.43. The van der Waals surface area contributed by atoms with Crippen molar-refractivity contribution in [2.24, 2.45) is 5.92 Å². The van der Waals surface area contributed by atoms with Gasteiger partial charge in [-0.25, -0.2) is 0 Å². The Morgan fingerprint density at radius 1 is 1.21 bits per heavy atom. The van der Waals surface area contributed by atoms with Crippen molar-refractivity contribution in [3.8, 4) is 17.1 Å². The molecule has 0 saturated carbocycles. The van der Waals surface area contributed by atoms with Crippen LogP contribution < -0.4 is 10.1 Å². The van der Waals surface area contributed by atoms with E-state index in [0.717, 1.165) is 44.5 Å². The normalized spacial score (nSPS) is 14.8. The number of nitrogens with one attached hydrogen (secondary N) is 1. The third-order valence-corrected chi connectivity index (χ3v) is 6.58. The maximum atomic E-state index is 12.6. The molecular formula is C25H28Cl2N4O3. The van der Waals surface area contributed by atoms with Crippen LogP contribution >= 0.6 is 23.2 Å². The van der Waals surface area contributed by atoms with Crippen LogP contribution in [0.15, 0.2) is 47.0 Å². The van der Waals surface area contributed by atoms with Crippen LogP contribution in [-0.4, -0.2) is 47.7 Å². The molecule has 180 valence electrons. The number of hydrogen-bond donors (Lipinski definition) is 1. The second-order valence-corrected chi connectivity index (χ2v) is 9.28. The number of benzene rings is 2. The molecular weight excluding hydrogens is 475 g/mol. The standard InChI is InChI=1S/C25H28Cl2N4O3/c1-33-20-6-2-4-17(14-20)5-3-11-28-25(32)18-9-12-31(13-10-18)16-23-29-24(30-34-23)21-8-7-19(26)15-22(21)27/h2,4,6-8,14-15,18H,3,5,9-13,16H2,1H3,(H,28,32). The third kappa shape index (κ3) is 6.50. The number of hydrogen-bond acceptors (Lipinski definition) is 6. The highest BCUT2D eigenvalue weighted by atomic mass is 35.5. The summed E-state index contributed by atoms with van der Waals surface area (Å²) in [6.45, 7) is 2.84. The smallest absolute Gasteiger partial charge is 0.241 e. The number of carbonyl (C=O) groups is 1. The van der Waals surface area contributed by atoms with Gasteiger partial charge in [0, 0.05) is 23.0 Å². The molecule has 0 atom stereocenters. The summed E-state index contributed by atoms with van der Waals surface area (Å²) in [6, 6.07) is 13.2. The average Bonchev–Trinajstić information content (AvgIpc) is 3.30. The number of piperidine rings is 1. The summed E-state index contributed by atoms with van der Waals surface area (Å²) in [5, 5.41) is 8.18. The van der Waals surface area contributed by atoms with Crippen LogP contribution in [0.4, 0.5) is 0 Å². The Labute approximate surface area is 209 Å². The van der Waals surface area contributed by atoms with E-state index in [4.69, 9.17) is 32.5 Å². The van der Waals surface area contributed by atoms with Gasteiger partial charge in [-0.1, -0.05) is 40.5 Å². The van der Waals surface area contributed by atoms with Gasteiger partial charge in [-0.15, -0.1) is 0 Å². The van der Waals surface area contributed by atoms with Crippen molar-refractivity contribution in [1.82, 2.24) is 20.4 Å². The van der Waals surface area contributed by atoms with Gasteiger partial charge >= 0.3 is 0 Å². The zero-order valence-corrected chi connectivity index (χ0v) is 20.6. The molecule has 0 radical (unpaired) electrons. The highest BCUT2D eigenvalue weighted by molar-refractivity contribution is 6.36. The Morgan fingerprint density at radius 3 is 2.79 bits per heavy atom. The van der Waals surface area contributed by atoms with E-state index in [2.05, 4.69) is 26.4 Å². The van der Waals surface area contributed by atoms with E-state index in [1.54, 1.807) is 25.3 Å². The first-order chi connectivity index (χ1) is 16.5. The van der Waals surface area contributed by atoms with Crippen molar-refractivity contribution in [1.29, 1.82) is 0 Å². The highest BCUT2D eigenvalue weighted by Crippen LogP contribution is 2.28. The van der Waals surface area contributed by atoms with E-state index < -0.39 is 0 Å². The minimum absolute atomic E-state index is 0.0409. The molecule has 2 heterocycles. The molecule has 1 aliphatic rings. The number of amides is 1. The Balaban J connectivity index is 1.18. The Hall–Kier alpha value is -2.61. The Bertz CT molecular complexity index is 1110. The monoisotopic (exact) mass is 502 g/mol. The Morgan fingerprint density at radius 2 is 2.03 bits per heavy atom. The molecule has 0 spiro atoms. The predicted molar refractivity (Wildman–Crippen MR) is 132 cm³/mol. The van der Waals surface area contributed by atoms with Gasteiger partial charge in [-0.05, 0) is 74.7 Å². The maximum Gasteiger partial charge on any atom is 0.241 e. The highest BCUT2D eigenvalue weighted by Gasteiger charge is 2.26. The van der Waals surface area contributed by atoms with Crippen LogP contribution in [0.3, 0.4) is 0 Å². The first-order valence-corrected chi connectivity index (χ1v) is 12.2. The molecule has 9 heteroatoms. The lowest BCUT2D eigenvalue weighted by molar-refractivity contribution is -0.126. The van der Waals surface area contributed by atoms with E-state index in [9.17, 15) is 4.79 Å². The van der Waals surface area contributed by atoms with Gasteiger partial charge < -0.3 is 14.6 Å². The topological polar surface area (TPSA) is 80.5 Å². The summed E-state index contributed by atoms with van der Waals surface area (Å²) >= 11 is 12.2. The van der Waals surface area contributed by atoms with Crippen LogP contribution in [0, 0.1) is 5.92 Å². The molecule has 34 heavy (non-hydrogen) atoms. The molecule has 2 aromatic carbocycles. The number of nitrogens with zero attached hydrogens (tertiary/aromatic N) is 3. The fourth-order valence-electron chi connectivity index (χ4n) is 4.12. The average molecular weight is 503 g/mol. The van der Waals surface area contributed by atoms with Gasteiger partial charge in [0.15, 0.2) is 0 Å². The summed E-state index contributed by atoms with van der Waals surface area (Å²) in [5.74, 6) is 2.02. The SMILES string of the molecule is COc1cccc(CCCNC(=O)C2CCN(Cc3nc(-c4ccc(Cl)cc4Cl)no3)CC2)c1. The third-order valence-electron chi connectivity index (χ3n) is 6.03. The van der Waals surface area contributed by atoms with Gasteiger partial charge in [0.1, 0.15) is 5.75 Å². The van der Waals surface area contributed by atoms with Crippen LogP contribution in [0.25, 0.3) is 11.4 Å². The molecule has 4 rings (SSSR count). The number of likely N-dealkylation sites (tertiary alicyclic amines) is 1. The van der Waals surface area contributed by atoms with Crippen LogP contribution in [0.2, 0.25) is 10.0 Å². The first kappa shape index (κ1) is 24.5. The van der Waals surface area contributed by atoms with E-state index in [1.165, 1.54) is 5.56 Å². The lowest BCUT2D eigenvalue weighted by atomic mass is 9.96. The van der Waals surface area contributed by atoms with Crippen molar-refractivity contribution in [3.63, 3.8) is 0 Å². The summed E-state index contributed by atoms with van der Waals surface area (Å²) in [4.78, 5) is 19.3. The van der Waals surface area contributed by atoms with Crippen LogP contribution in [0.5, 0.6) is 5.75 Å². The summed E-state index contributed by atoms with van der Waals surface area (Å²) in [7, 11) is 1.67. The largest absolute Gasteiger partial charge is 0.497 e. The van der Waals surface area contributed by atoms with E-state index >= 15 is 0 Å². The van der Waals surface area contributed by atoms with Gasteiger partial charge in [0.2, 0.25) is 17.6 Å². The molecule has 1 N–H and O–H groups in total. The number of methoxy groups -OCH3 is 1. The molecule has 1 saturated heterocycles.